The number of carbonyl (C=O) groups excluding carboxylic acids is 2. The summed E-state index contributed by atoms with van der Waals surface area (Å²) in [5, 5.41) is 19.2. The van der Waals surface area contributed by atoms with E-state index in [0.29, 0.717) is 29.5 Å². The van der Waals surface area contributed by atoms with Crippen molar-refractivity contribution < 1.29 is 19.1 Å². The van der Waals surface area contributed by atoms with Gasteiger partial charge in [-0.1, -0.05) is 55.4 Å². The molecule has 1 atom stereocenters. The molecule has 0 saturated heterocycles. The number of nitrogens with zero attached hydrogens (tertiary/aromatic N) is 2. The van der Waals surface area contributed by atoms with Crippen molar-refractivity contribution in [3.05, 3.63) is 46.8 Å². The Kier molecular flexibility index (Phi) is 9.49. The Morgan fingerprint density at radius 2 is 1.47 bits per heavy atom. The van der Waals surface area contributed by atoms with Crippen LogP contribution in [0, 0.1) is 11.3 Å². The van der Waals surface area contributed by atoms with E-state index in [9.17, 15) is 19.1 Å². The fraction of sp³-hybridized carbons (Fsp3) is 0.577. The Bertz CT molecular complexity index is 1050. The first-order valence-corrected chi connectivity index (χ1v) is 11.5. The van der Waals surface area contributed by atoms with Gasteiger partial charge in [0.15, 0.2) is 11.6 Å². The predicted molar refractivity (Wildman–Crippen MR) is 135 cm³/mol. The summed E-state index contributed by atoms with van der Waals surface area (Å²) in [6.45, 7) is 15.3. The molecule has 1 unspecified atom stereocenters. The van der Waals surface area contributed by atoms with Gasteiger partial charge in [0.25, 0.3) is 0 Å². The van der Waals surface area contributed by atoms with E-state index >= 15 is 0 Å². The molecule has 6 nitrogen and oxygen atoms in total. The summed E-state index contributed by atoms with van der Waals surface area (Å²) in [6.07, 6.45) is 1.90. The maximum absolute atomic E-state index is 14.9. The van der Waals surface area contributed by atoms with E-state index in [2.05, 4.69) is 0 Å². The number of phenols is 1. The van der Waals surface area contributed by atoms with E-state index in [-0.39, 0.29) is 46.9 Å². The zero-order valence-electron chi connectivity index (χ0n) is 21.5. The third kappa shape index (κ3) is 6.17. The lowest BCUT2D eigenvalue weighted by molar-refractivity contribution is -0.131. The number of rotatable bonds is 8. The second-order valence-corrected chi connectivity index (χ2v) is 10.8. The van der Waals surface area contributed by atoms with Gasteiger partial charge < -0.3 is 9.67 Å². The van der Waals surface area contributed by atoms with Crippen LogP contribution in [0.25, 0.3) is 0 Å². The van der Waals surface area contributed by atoms with Gasteiger partial charge in [0.05, 0.1) is 6.54 Å². The summed E-state index contributed by atoms with van der Waals surface area (Å²) < 4.78 is 17.2. The van der Waals surface area contributed by atoms with Crippen molar-refractivity contribution in [1.82, 2.24) is 9.13 Å². The molecule has 0 aliphatic carbocycles. The molecule has 2 rings (SSSR count). The smallest absolute Gasteiger partial charge is 0.237 e. The van der Waals surface area contributed by atoms with Crippen molar-refractivity contribution in [3.63, 3.8) is 0 Å². The number of hydrogen-bond donors (Lipinski definition) is 2. The van der Waals surface area contributed by atoms with Gasteiger partial charge in [0.1, 0.15) is 5.75 Å². The molecule has 0 bridgehead atoms. The second-order valence-electron chi connectivity index (χ2n) is 10.8. The molecule has 2 aromatic rings. The van der Waals surface area contributed by atoms with Crippen molar-refractivity contribution in [3.8, 4) is 5.75 Å². The molecular formula is C26H39ClFN3O3. The lowest BCUT2D eigenvalue weighted by Crippen LogP contribution is -2.33. The van der Waals surface area contributed by atoms with Gasteiger partial charge in [0, 0.05) is 35.0 Å². The number of ketones is 2. The van der Waals surface area contributed by atoms with Crippen LogP contribution in [0.2, 0.25) is 0 Å². The zero-order chi connectivity index (χ0) is 25.3. The van der Waals surface area contributed by atoms with Crippen molar-refractivity contribution in [2.75, 3.05) is 0 Å². The van der Waals surface area contributed by atoms with E-state index in [1.165, 1.54) is 17.0 Å². The molecule has 0 fully saturated rings. The molecule has 0 amide bonds. The Morgan fingerprint density at radius 1 is 1.00 bits per heavy atom. The van der Waals surface area contributed by atoms with Gasteiger partial charge in [0.2, 0.25) is 11.9 Å². The normalized spacial score (nSPS) is 13.0. The zero-order valence-corrected chi connectivity index (χ0v) is 22.3. The number of Topliss-reactive ketones (excluding diaryl/α,β-unsaturated/α-hetero) is 2. The maximum atomic E-state index is 14.9. The summed E-state index contributed by atoms with van der Waals surface area (Å²) in [5.41, 5.74) is 0.758. The number of imidazole rings is 1. The lowest BCUT2D eigenvalue weighted by Gasteiger charge is -2.28. The third-order valence-corrected chi connectivity index (χ3v) is 6.15. The highest BCUT2D eigenvalue weighted by atomic mass is 35.5. The number of aromatic nitrogens is 2. The third-order valence-electron chi connectivity index (χ3n) is 6.15. The Morgan fingerprint density at radius 3 is 1.88 bits per heavy atom. The molecule has 190 valence electrons. The van der Waals surface area contributed by atoms with Crippen molar-refractivity contribution in [2.45, 2.75) is 91.9 Å². The summed E-state index contributed by atoms with van der Waals surface area (Å²) >= 11 is 0. The van der Waals surface area contributed by atoms with E-state index in [1.54, 1.807) is 12.1 Å². The number of benzene rings is 1. The van der Waals surface area contributed by atoms with Crippen molar-refractivity contribution >= 4 is 24.0 Å². The van der Waals surface area contributed by atoms with Gasteiger partial charge in [-0.3, -0.25) is 19.6 Å². The summed E-state index contributed by atoms with van der Waals surface area (Å²) in [5.74, 6) is -1.03. The molecule has 0 aliphatic rings. The van der Waals surface area contributed by atoms with Crippen LogP contribution in [0.15, 0.2) is 24.5 Å². The Labute approximate surface area is 208 Å². The topological polar surface area (TPSA) is 88.1 Å². The second kappa shape index (κ2) is 10.9. The molecule has 1 aromatic carbocycles. The van der Waals surface area contributed by atoms with Crippen LogP contribution in [0.4, 0.5) is 4.39 Å². The average Bonchev–Trinajstić information content (AvgIpc) is 3.06. The number of aromatic hydroxyl groups is 1. The van der Waals surface area contributed by atoms with Crippen LogP contribution in [0.1, 0.15) is 96.0 Å². The van der Waals surface area contributed by atoms with Crippen molar-refractivity contribution in [2.24, 2.45) is 5.92 Å². The molecule has 0 spiro atoms. The number of hydrogen-bond acceptors (Lipinski definition) is 4. The molecule has 0 aliphatic heterocycles. The van der Waals surface area contributed by atoms with Crippen LogP contribution < -0.4 is 5.62 Å². The molecular weight excluding hydrogens is 457 g/mol. The van der Waals surface area contributed by atoms with E-state index in [1.807, 2.05) is 55.4 Å². The van der Waals surface area contributed by atoms with Gasteiger partial charge in [-0.2, -0.15) is 0 Å². The minimum absolute atomic E-state index is 0. The minimum atomic E-state index is -1.95. The first-order valence-electron chi connectivity index (χ1n) is 11.5. The van der Waals surface area contributed by atoms with Gasteiger partial charge >= 0.3 is 0 Å². The number of phenolic OH excluding ortho intramolecular Hbond substituents is 1. The Hall–Kier alpha value is -2.41. The molecule has 34 heavy (non-hydrogen) atoms. The molecule has 0 radical (unpaired) electrons. The van der Waals surface area contributed by atoms with Crippen LogP contribution in [0.3, 0.4) is 0 Å². The maximum Gasteiger partial charge on any atom is 0.237 e. The fourth-order valence-corrected chi connectivity index (χ4v) is 3.96. The molecule has 1 aromatic heterocycles. The molecule has 8 heteroatoms. The van der Waals surface area contributed by atoms with Crippen LogP contribution in [0.5, 0.6) is 5.75 Å². The number of alkyl halides is 1. The first kappa shape index (κ1) is 29.6. The largest absolute Gasteiger partial charge is 0.507 e. The SMILES string of the molecule is CCC(CC)C(=O)C(F)n1ccn(CC(=O)c2cc(C(C)(C)C)c(O)c(C(C)(C)C)c2)c1=N.Cl. The molecule has 1 heterocycles. The highest BCUT2D eigenvalue weighted by molar-refractivity contribution is 5.96. The monoisotopic (exact) mass is 495 g/mol. The highest BCUT2D eigenvalue weighted by Crippen LogP contribution is 2.39. The quantitative estimate of drug-likeness (QED) is 0.450. The first-order chi connectivity index (χ1) is 15.1. The van der Waals surface area contributed by atoms with Crippen LogP contribution in [-0.2, 0) is 22.2 Å². The number of carbonyl (C=O) groups is 2. The van der Waals surface area contributed by atoms with E-state index in [0.717, 1.165) is 4.57 Å². The Balaban J connectivity index is 0.00000578. The van der Waals surface area contributed by atoms with E-state index < -0.39 is 18.0 Å². The van der Waals surface area contributed by atoms with Gasteiger partial charge in [-0.05, 0) is 35.8 Å². The van der Waals surface area contributed by atoms with Crippen molar-refractivity contribution in [1.29, 1.82) is 5.41 Å². The number of nitrogens with one attached hydrogen (secondary N) is 1. The predicted octanol–water partition coefficient (Wildman–Crippen LogP) is 5.85. The van der Waals surface area contributed by atoms with E-state index in [4.69, 9.17) is 5.41 Å². The van der Waals surface area contributed by atoms with Gasteiger partial charge in [-0.25, -0.2) is 4.39 Å². The molecule has 2 N–H and O–H groups in total. The summed E-state index contributed by atoms with van der Waals surface area (Å²) in [7, 11) is 0. The number of halogens is 2. The average molecular weight is 496 g/mol. The minimum Gasteiger partial charge on any atom is -0.507 e. The summed E-state index contributed by atoms with van der Waals surface area (Å²) in [6, 6.07) is 3.39. The van der Waals surface area contributed by atoms with Crippen LogP contribution >= 0.6 is 12.4 Å². The standard InChI is InChI=1S/C26H38FN3O3.ClH/c1-9-16(10-2)21(32)23(27)30-12-11-29(24(30)28)15-20(31)17-13-18(25(3,4)5)22(33)19(14-17)26(6,7)8;/h11-14,16,23,28,33H,9-10,15H2,1-8H3;1H. The van der Waals surface area contributed by atoms with Crippen LogP contribution in [-0.4, -0.2) is 25.8 Å². The highest BCUT2D eigenvalue weighted by Gasteiger charge is 2.29. The fourth-order valence-electron chi connectivity index (χ4n) is 3.96. The lowest BCUT2D eigenvalue weighted by atomic mass is 9.78. The summed E-state index contributed by atoms with van der Waals surface area (Å²) in [4.78, 5) is 25.6. The van der Waals surface area contributed by atoms with Gasteiger partial charge in [-0.15, -0.1) is 12.4 Å². The molecule has 0 saturated carbocycles.